The molecule has 4 rings (SSSR count). The van der Waals surface area contributed by atoms with E-state index in [4.69, 9.17) is 0 Å². The lowest BCUT2D eigenvalue weighted by Gasteiger charge is -2.41. The second kappa shape index (κ2) is 6.41. The van der Waals surface area contributed by atoms with Gasteiger partial charge in [-0.25, -0.2) is 4.79 Å². The number of fused-ring (bicyclic) bond motifs is 2. The number of hydrogen-bond acceptors (Lipinski definition) is 3. The fraction of sp³-hybridized carbons (Fsp3) is 0.550. The van der Waals surface area contributed by atoms with Gasteiger partial charge < -0.3 is 10.2 Å². The molecule has 3 heterocycles. The van der Waals surface area contributed by atoms with Crippen LogP contribution in [-0.4, -0.2) is 45.8 Å². The van der Waals surface area contributed by atoms with E-state index in [-0.39, 0.29) is 36.0 Å². The first-order chi connectivity index (χ1) is 12.4. The normalized spacial score (nSPS) is 28.0. The Morgan fingerprint density at radius 3 is 2.15 bits per heavy atom. The average molecular weight is 355 g/mol. The molecular formula is C20H25N3O3. The fourth-order valence-corrected chi connectivity index (χ4v) is 4.70. The van der Waals surface area contributed by atoms with Gasteiger partial charge in [0.25, 0.3) is 0 Å². The number of urea groups is 1. The number of aryl methyl sites for hydroxylation is 2. The van der Waals surface area contributed by atoms with Crippen LogP contribution < -0.4 is 5.32 Å². The van der Waals surface area contributed by atoms with E-state index in [1.165, 1.54) is 10.5 Å². The number of carbonyl (C=O) groups is 3. The summed E-state index contributed by atoms with van der Waals surface area (Å²) in [5, 5.41) is 3.02. The Hall–Kier alpha value is -2.37. The number of likely N-dealkylation sites (tertiary alicyclic amines) is 1. The lowest BCUT2D eigenvalue weighted by Crippen LogP contribution is -2.54. The van der Waals surface area contributed by atoms with Crippen molar-refractivity contribution in [1.82, 2.24) is 9.80 Å². The maximum atomic E-state index is 12.8. The van der Waals surface area contributed by atoms with E-state index >= 15 is 0 Å². The van der Waals surface area contributed by atoms with E-state index in [0.717, 1.165) is 24.1 Å². The van der Waals surface area contributed by atoms with Gasteiger partial charge >= 0.3 is 6.03 Å². The minimum atomic E-state index is -0.0710. The zero-order valence-corrected chi connectivity index (χ0v) is 15.3. The molecule has 0 aromatic heterocycles. The monoisotopic (exact) mass is 355 g/mol. The quantitative estimate of drug-likeness (QED) is 0.829. The van der Waals surface area contributed by atoms with E-state index in [1.54, 1.807) is 0 Å². The van der Waals surface area contributed by atoms with Crippen molar-refractivity contribution in [3.63, 3.8) is 0 Å². The lowest BCUT2D eigenvalue weighted by atomic mass is 9.96. The summed E-state index contributed by atoms with van der Waals surface area (Å²) in [5.74, 6) is -0.0973. The van der Waals surface area contributed by atoms with Crippen LogP contribution >= 0.6 is 0 Å². The van der Waals surface area contributed by atoms with Crippen molar-refractivity contribution in [2.24, 2.45) is 0 Å². The van der Waals surface area contributed by atoms with Crippen molar-refractivity contribution >= 4 is 23.5 Å². The van der Waals surface area contributed by atoms with E-state index in [1.807, 2.05) is 36.9 Å². The van der Waals surface area contributed by atoms with Gasteiger partial charge in [-0.2, -0.15) is 0 Å². The molecule has 2 atom stereocenters. The Labute approximate surface area is 153 Å². The summed E-state index contributed by atoms with van der Waals surface area (Å²) in [4.78, 5) is 40.4. The van der Waals surface area contributed by atoms with Gasteiger partial charge in [0.15, 0.2) is 0 Å². The molecule has 1 aromatic carbocycles. The van der Waals surface area contributed by atoms with Crippen LogP contribution in [0.3, 0.4) is 0 Å². The molecule has 2 bridgehead atoms. The second-order valence-corrected chi connectivity index (χ2v) is 7.80. The molecule has 1 N–H and O–H groups in total. The summed E-state index contributed by atoms with van der Waals surface area (Å²) in [6.07, 6.45) is 3.96. The number of amides is 4. The molecule has 4 amide bonds. The number of imide groups is 1. The molecule has 2 unspecified atom stereocenters. The third-order valence-electron chi connectivity index (χ3n) is 6.16. The smallest absolute Gasteiger partial charge is 0.318 e. The van der Waals surface area contributed by atoms with Gasteiger partial charge in [0.2, 0.25) is 11.8 Å². The van der Waals surface area contributed by atoms with Crippen LogP contribution in [-0.2, 0) is 9.59 Å². The van der Waals surface area contributed by atoms with Crippen LogP contribution in [0.1, 0.15) is 49.7 Å². The highest BCUT2D eigenvalue weighted by Crippen LogP contribution is 2.39. The Morgan fingerprint density at radius 1 is 0.962 bits per heavy atom. The number of piperidine rings is 1. The van der Waals surface area contributed by atoms with Crippen LogP contribution in [0.15, 0.2) is 18.2 Å². The molecule has 0 saturated carbocycles. The molecule has 3 fully saturated rings. The average Bonchev–Trinajstić information content (AvgIpc) is 3.07. The number of nitrogens with one attached hydrogen (secondary N) is 1. The molecule has 3 aliphatic rings. The summed E-state index contributed by atoms with van der Waals surface area (Å²) in [5.41, 5.74) is 3.16. The van der Waals surface area contributed by atoms with Crippen LogP contribution in [0.25, 0.3) is 0 Å². The highest BCUT2D eigenvalue weighted by molar-refractivity contribution is 6.02. The Balaban J connectivity index is 1.46. The molecule has 3 saturated heterocycles. The Morgan fingerprint density at radius 2 is 1.58 bits per heavy atom. The minimum Gasteiger partial charge on any atom is -0.318 e. The predicted octanol–water partition coefficient (Wildman–Crippen LogP) is 2.98. The lowest BCUT2D eigenvalue weighted by molar-refractivity contribution is -0.142. The molecule has 1 aromatic rings. The molecular weight excluding hydrogens is 330 g/mol. The fourth-order valence-electron chi connectivity index (χ4n) is 4.70. The first kappa shape index (κ1) is 17.1. The number of carbonyl (C=O) groups excluding carboxylic acids is 3. The zero-order valence-electron chi connectivity index (χ0n) is 15.3. The molecule has 138 valence electrons. The third-order valence-corrected chi connectivity index (χ3v) is 6.16. The number of rotatable bonds is 2. The highest BCUT2D eigenvalue weighted by atomic mass is 16.2. The van der Waals surface area contributed by atoms with Crippen molar-refractivity contribution in [1.29, 1.82) is 0 Å². The van der Waals surface area contributed by atoms with Crippen molar-refractivity contribution in [2.75, 3.05) is 5.32 Å². The first-order valence-corrected chi connectivity index (χ1v) is 9.45. The molecule has 6 nitrogen and oxygen atoms in total. The molecule has 3 aliphatic heterocycles. The third kappa shape index (κ3) is 2.87. The maximum Gasteiger partial charge on any atom is 0.322 e. The van der Waals surface area contributed by atoms with Gasteiger partial charge in [-0.15, -0.1) is 0 Å². The van der Waals surface area contributed by atoms with Crippen molar-refractivity contribution < 1.29 is 14.4 Å². The number of anilines is 1. The SMILES string of the molecule is Cc1ccc(NC(=O)N2C3CCC2CC(N2C(=O)CCC2=O)C3)cc1C. The van der Waals surface area contributed by atoms with E-state index in [2.05, 4.69) is 5.32 Å². The molecule has 0 aliphatic carbocycles. The van der Waals surface area contributed by atoms with Gasteiger partial charge in [0.1, 0.15) is 0 Å². The summed E-state index contributed by atoms with van der Waals surface area (Å²) in [6, 6.07) is 6.02. The predicted molar refractivity (Wildman–Crippen MR) is 97.7 cm³/mol. The zero-order chi connectivity index (χ0) is 18.4. The number of benzene rings is 1. The van der Waals surface area contributed by atoms with Crippen LogP contribution in [0.4, 0.5) is 10.5 Å². The van der Waals surface area contributed by atoms with Gasteiger partial charge in [-0.1, -0.05) is 6.07 Å². The van der Waals surface area contributed by atoms with Gasteiger partial charge in [-0.3, -0.25) is 14.5 Å². The Bertz CT molecular complexity index is 746. The molecule has 0 spiro atoms. The van der Waals surface area contributed by atoms with Crippen molar-refractivity contribution in [2.45, 2.75) is 70.5 Å². The molecule has 0 radical (unpaired) electrons. The van der Waals surface area contributed by atoms with Gasteiger partial charge in [0.05, 0.1) is 0 Å². The summed E-state index contributed by atoms with van der Waals surface area (Å²) in [6.45, 7) is 4.08. The summed E-state index contributed by atoms with van der Waals surface area (Å²) in [7, 11) is 0. The van der Waals surface area contributed by atoms with E-state index in [9.17, 15) is 14.4 Å². The van der Waals surface area contributed by atoms with Gasteiger partial charge in [-0.05, 0) is 62.8 Å². The first-order valence-electron chi connectivity index (χ1n) is 9.45. The molecule has 6 heteroatoms. The van der Waals surface area contributed by atoms with Crippen LogP contribution in [0, 0.1) is 13.8 Å². The standard InChI is InChI=1S/C20H25N3O3/c1-12-3-4-14(9-13(12)2)21-20(26)22-15-5-6-16(22)11-17(10-15)23-18(24)7-8-19(23)25/h3-4,9,15-17H,5-8,10-11H2,1-2H3,(H,21,26). The second-order valence-electron chi connectivity index (χ2n) is 7.80. The molecule has 26 heavy (non-hydrogen) atoms. The van der Waals surface area contributed by atoms with Crippen LogP contribution in [0.5, 0.6) is 0 Å². The maximum absolute atomic E-state index is 12.8. The van der Waals surface area contributed by atoms with Crippen molar-refractivity contribution in [3.8, 4) is 0 Å². The largest absolute Gasteiger partial charge is 0.322 e. The summed E-state index contributed by atoms with van der Waals surface area (Å²) >= 11 is 0. The van der Waals surface area contributed by atoms with Crippen LogP contribution in [0.2, 0.25) is 0 Å². The topological polar surface area (TPSA) is 69.7 Å². The van der Waals surface area contributed by atoms with Gasteiger partial charge in [0, 0.05) is 36.7 Å². The number of nitrogens with zero attached hydrogens (tertiary/aromatic N) is 2. The van der Waals surface area contributed by atoms with Crippen molar-refractivity contribution in [3.05, 3.63) is 29.3 Å². The summed E-state index contributed by atoms with van der Waals surface area (Å²) < 4.78 is 0. The minimum absolute atomic E-state index is 0.0410. The Kier molecular flexibility index (Phi) is 4.21. The van der Waals surface area contributed by atoms with E-state index < -0.39 is 0 Å². The number of hydrogen-bond donors (Lipinski definition) is 1. The van der Waals surface area contributed by atoms with E-state index in [0.29, 0.717) is 25.7 Å². The highest BCUT2D eigenvalue weighted by Gasteiger charge is 2.47.